The Morgan fingerprint density at radius 2 is 1.75 bits per heavy atom. The molecule has 2 rings (SSSR count). The van der Waals surface area contributed by atoms with Crippen LogP contribution in [-0.4, -0.2) is 38.0 Å². The van der Waals surface area contributed by atoms with Crippen molar-refractivity contribution < 1.29 is 19.1 Å². The Morgan fingerprint density at radius 3 is 2.31 bits per heavy atom. The van der Waals surface area contributed by atoms with E-state index in [4.69, 9.17) is 9.47 Å². The summed E-state index contributed by atoms with van der Waals surface area (Å²) >= 11 is 0. The van der Waals surface area contributed by atoms with Crippen molar-refractivity contribution in [3.05, 3.63) is 23.3 Å². The molecule has 1 aromatic rings. The molecule has 5 nitrogen and oxygen atoms in total. The van der Waals surface area contributed by atoms with Crippen LogP contribution in [0.1, 0.15) is 20.7 Å². The molecule has 0 N–H and O–H groups in total. The van der Waals surface area contributed by atoms with E-state index in [1.165, 1.54) is 21.3 Å². The Kier molecular flexibility index (Phi) is 2.30. The number of methoxy groups -OCH3 is 2. The fraction of sp³-hybridized carbons (Fsp3) is 0.273. The fourth-order valence-corrected chi connectivity index (χ4v) is 1.76. The van der Waals surface area contributed by atoms with E-state index in [1.807, 2.05) is 0 Å². The number of hydrogen-bond donors (Lipinski definition) is 0. The van der Waals surface area contributed by atoms with Gasteiger partial charge in [-0.15, -0.1) is 0 Å². The number of nitrogens with zero attached hydrogens (tertiary/aromatic N) is 1. The predicted molar refractivity (Wildman–Crippen MR) is 56.0 cm³/mol. The highest BCUT2D eigenvalue weighted by molar-refractivity contribution is 6.22. The minimum atomic E-state index is -0.365. The molecule has 16 heavy (non-hydrogen) atoms. The zero-order chi connectivity index (χ0) is 11.9. The summed E-state index contributed by atoms with van der Waals surface area (Å²) in [7, 11) is 4.36. The molecule has 0 fully saturated rings. The van der Waals surface area contributed by atoms with Crippen LogP contribution in [0.15, 0.2) is 12.1 Å². The number of ether oxygens (including phenoxy) is 2. The Bertz CT molecular complexity index is 481. The maximum absolute atomic E-state index is 11.8. The Morgan fingerprint density at radius 1 is 1.06 bits per heavy atom. The molecular formula is C11H11NO4. The van der Waals surface area contributed by atoms with Crippen LogP contribution in [0.3, 0.4) is 0 Å². The van der Waals surface area contributed by atoms with Gasteiger partial charge in [0.1, 0.15) is 0 Å². The van der Waals surface area contributed by atoms with Gasteiger partial charge >= 0.3 is 0 Å². The number of hydrogen-bond acceptors (Lipinski definition) is 4. The minimum absolute atomic E-state index is 0.273. The highest BCUT2D eigenvalue weighted by Crippen LogP contribution is 2.37. The highest BCUT2D eigenvalue weighted by Gasteiger charge is 2.36. The van der Waals surface area contributed by atoms with E-state index >= 15 is 0 Å². The number of amides is 2. The number of fused-ring (bicyclic) bond motifs is 1. The molecule has 0 atom stereocenters. The molecule has 0 bridgehead atoms. The predicted octanol–water partition coefficient (Wildman–Crippen LogP) is 0.930. The summed E-state index contributed by atoms with van der Waals surface area (Å²) in [5.41, 5.74) is 0.625. The van der Waals surface area contributed by atoms with Crippen molar-refractivity contribution in [2.45, 2.75) is 0 Å². The van der Waals surface area contributed by atoms with Crippen molar-refractivity contribution >= 4 is 11.8 Å². The summed E-state index contributed by atoms with van der Waals surface area (Å²) in [6, 6.07) is 3.18. The minimum Gasteiger partial charge on any atom is -0.493 e. The van der Waals surface area contributed by atoms with Crippen LogP contribution < -0.4 is 9.47 Å². The highest BCUT2D eigenvalue weighted by atomic mass is 16.5. The lowest BCUT2D eigenvalue weighted by Crippen LogP contribution is -2.24. The Balaban J connectivity index is 2.71. The van der Waals surface area contributed by atoms with Gasteiger partial charge in [-0.05, 0) is 12.1 Å². The first-order valence-corrected chi connectivity index (χ1v) is 4.69. The summed E-state index contributed by atoms with van der Waals surface area (Å²) in [6.45, 7) is 0. The van der Waals surface area contributed by atoms with E-state index in [0.717, 1.165) is 4.90 Å². The molecule has 0 spiro atoms. The lowest BCUT2D eigenvalue weighted by molar-refractivity contribution is 0.0692. The molecule has 1 aliphatic rings. The SMILES string of the molecule is COc1ccc2c(c1OC)C(=O)N(C)C2=O. The average molecular weight is 221 g/mol. The number of carbonyl (C=O) groups is 2. The van der Waals surface area contributed by atoms with Crippen molar-refractivity contribution in [1.29, 1.82) is 0 Å². The molecular weight excluding hydrogens is 210 g/mol. The van der Waals surface area contributed by atoms with Gasteiger partial charge in [0.05, 0.1) is 25.3 Å². The van der Waals surface area contributed by atoms with Crippen LogP contribution in [0.25, 0.3) is 0 Å². The standard InChI is InChI=1S/C11H11NO4/c1-12-10(13)6-4-5-7(15-2)9(16-3)8(6)11(12)14/h4-5H,1-3H3. The molecule has 5 heteroatoms. The van der Waals surface area contributed by atoms with E-state index < -0.39 is 0 Å². The third-order valence-corrected chi connectivity index (χ3v) is 2.60. The van der Waals surface area contributed by atoms with E-state index in [9.17, 15) is 9.59 Å². The van der Waals surface area contributed by atoms with Gasteiger partial charge in [-0.1, -0.05) is 0 Å². The van der Waals surface area contributed by atoms with E-state index in [1.54, 1.807) is 12.1 Å². The van der Waals surface area contributed by atoms with Gasteiger partial charge in [-0.2, -0.15) is 0 Å². The smallest absolute Gasteiger partial charge is 0.265 e. The fourth-order valence-electron chi connectivity index (χ4n) is 1.76. The second-order valence-corrected chi connectivity index (χ2v) is 3.39. The van der Waals surface area contributed by atoms with Gasteiger partial charge in [0.15, 0.2) is 11.5 Å². The number of benzene rings is 1. The molecule has 0 radical (unpaired) electrons. The summed E-state index contributed by atoms with van der Waals surface area (Å²) < 4.78 is 10.2. The van der Waals surface area contributed by atoms with Gasteiger partial charge in [-0.25, -0.2) is 0 Å². The van der Waals surface area contributed by atoms with Crippen LogP contribution in [0.5, 0.6) is 11.5 Å². The monoisotopic (exact) mass is 221 g/mol. The van der Waals surface area contributed by atoms with Crippen LogP contribution >= 0.6 is 0 Å². The lowest BCUT2D eigenvalue weighted by Gasteiger charge is -2.09. The van der Waals surface area contributed by atoms with Gasteiger partial charge < -0.3 is 9.47 Å². The second kappa shape index (κ2) is 3.52. The molecule has 84 valence electrons. The van der Waals surface area contributed by atoms with Crippen LogP contribution in [-0.2, 0) is 0 Å². The summed E-state index contributed by atoms with van der Waals surface area (Å²) in [5.74, 6) is 0.0668. The average Bonchev–Trinajstić information content (AvgIpc) is 2.53. The first-order valence-electron chi connectivity index (χ1n) is 4.69. The molecule has 0 aliphatic carbocycles. The Labute approximate surface area is 92.6 Å². The van der Waals surface area contributed by atoms with Crippen molar-refractivity contribution in [3.8, 4) is 11.5 Å². The molecule has 2 amide bonds. The summed E-state index contributed by atoms with van der Waals surface area (Å²) in [6.07, 6.45) is 0. The number of imide groups is 1. The number of rotatable bonds is 2. The molecule has 1 heterocycles. The van der Waals surface area contributed by atoms with E-state index in [-0.39, 0.29) is 17.4 Å². The van der Waals surface area contributed by atoms with Crippen molar-refractivity contribution in [2.75, 3.05) is 21.3 Å². The zero-order valence-electron chi connectivity index (χ0n) is 9.23. The largest absolute Gasteiger partial charge is 0.493 e. The second-order valence-electron chi connectivity index (χ2n) is 3.39. The molecule has 1 aromatic carbocycles. The van der Waals surface area contributed by atoms with Gasteiger partial charge in [0.25, 0.3) is 11.8 Å². The zero-order valence-corrected chi connectivity index (χ0v) is 9.23. The first-order chi connectivity index (χ1) is 7.61. The normalized spacial score (nSPS) is 14.1. The molecule has 0 aromatic heterocycles. The quantitative estimate of drug-likeness (QED) is 0.697. The lowest BCUT2D eigenvalue weighted by atomic mass is 10.1. The van der Waals surface area contributed by atoms with Gasteiger partial charge in [-0.3, -0.25) is 14.5 Å². The maximum Gasteiger partial charge on any atom is 0.265 e. The molecule has 0 saturated carbocycles. The third kappa shape index (κ3) is 1.18. The molecule has 1 aliphatic heterocycles. The molecule has 0 saturated heterocycles. The number of carbonyl (C=O) groups excluding carboxylic acids is 2. The summed E-state index contributed by atoms with van der Waals surface area (Å²) in [5, 5.41) is 0. The van der Waals surface area contributed by atoms with Crippen molar-refractivity contribution in [3.63, 3.8) is 0 Å². The Hall–Kier alpha value is -2.04. The third-order valence-electron chi connectivity index (χ3n) is 2.60. The maximum atomic E-state index is 11.8. The molecule has 0 unspecified atom stereocenters. The van der Waals surface area contributed by atoms with Crippen LogP contribution in [0.2, 0.25) is 0 Å². The van der Waals surface area contributed by atoms with Crippen LogP contribution in [0, 0.1) is 0 Å². The first kappa shape index (κ1) is 10.5. The van der Waals surface area contributed by atoms with Gasteiger partial charge in [0, 0.05) is 7.05 Å². The topological polar surface area (TPSA) is 55.8 Å². The van der Waals surface area contributed by atoms with Gasteiger partial charge in [0.2, 0.25) is 0 Å². The van der Waals surface area contributed by atoms with E-state index in [2.05, 4.69) is 0 Å². The van der Waals surface area contributed by atoms with Crippen molar-refractivity contribution in [2.24, 2.45) is 0 Å². The van der Waals surface area contributed by atoms with E-state index in [0.29, 0.717) is 17.1 Å². The summed E-state index contributed by atoms with van der Waals surface area (Å²) in [4.78, 5) is 24.6. The van der Waals surface area contributed by atoms with Crippen molar-refractivity contribution in [1.82, 2.24) is 4.90 Å². The van der Waals surface area contributed by atoms with Crippen LogP contribution in [0.4, 0.5) is 0 Å².